The zero-order valence-corrected chi connectivity index (χ0v) is 12.5. The summed E-state index contributed by atoms with van der Waals surface area (Å²) in [5.74, 6) is 0. The molecule has 18 heavy (non-hydrogen) atoms. The van der Waals surface area contributed by atoms with Crippen molar-refractivity contribution in [3.63, 3.8) is 0 Å². The fraction of sp³-hybridized carbons (Fsp3) is 0.900. The summed E-state index contributed by atoms with van der Waals surface area (Å²) >= 11 is 0. The first kappa shape index (κ1) is 17.3. The van der Waals surface area contributed by atoms with Crippen LogP contribution in [-0.2, 0) is 13.3 Å². The third kappa shape index (κ3) is 7.61. The van der Waals surface area contributed by atoms with Crippen molar-refractivity contribution in [3.05, 3.63) is 0 Å². The number of nitrogens with one attached hydrogen (secondary N) is 2. The summed E-state index contributed by atoms with van der Waals surface area (Å²) in [6.07, 6.45) is 0.770. The van der Waals surface area contributed by atoms with Crippen LogP contribution in [0.1, 0.15) is 27.2 Å². The Morgan fingerprint density at radius 2 is 1.61 bits per heavy atom. The molecule has 0 saturated heterocycles. The standard InChI is InChI=1S/C10H25N3O4Si/c1-4-15-18(16-5-2,17-6-3)9-7-8-12-13-10(11)14/h12H,4-9H2,1-3H3,(H3,11,13,14). The molecule has 0 aliphatic heterocycles. The van der Waals surface area contributed by atoms with Crippen LogP contribution in [0.4, 0.5) is 4.79 Å². The summed E-state index contributed by atoms with van der Waals surface area (Å²) in [6.45, 7) is 8.06. The van der Waals surface area contributed by atoms with Gasteiger partial charge in [-0.1, -0.05) is 0 Å². The molecule has 0 aromatic rings. The molecule has 0 aliphatic carbocycles. The Kier molecular flexibility index (Phi) is 9.88. The van der Waals surface area contributed by atoms with Gasteiger partial charge in [0.1, 0.15) is 0 Å². The molecular formula is C10H25N3O4Si. The van der Waals surface area contributed by atoms with Gasteiger partial charge in [0.25, 0.3) is 0 Å². The highest BCUT2D eigenvalue weighted by Crippen LogP contribution is 2.17. The van der Waals surface area contributed by atoms with Gasteiger partial charge in [0.05, 0.1) is 0 Å². The predicted octanol–water partition coefficient (Wildman–Crippen LogP) is 0.598. The van der Waals surface area contributed by atoms with E-state index in [0.29, 0.717) is 32.4 Å². The maximum Gasteiger partial charge on any atom is 0.500 e. The number of nitrogens with two attached hydrogens (primary N) is 1. The van der Waals surface area contributed by atoms with Crippen molar-refractivity contribution in [1.29, 1.82) is 0 Å². The van der Waals surface area contributed by atoms with Crippen molar-refractivity contribution in [1.82, 2.24) is 10.9 Å². The normalized spacial score (nSPS) is 11.5. The average molecular weight is 279 g/mol. The van der Waals surface area contributed by atoms with E-state index in [1.807, 2.05) is 20.8 Å². The smallest absolute Gasteiger partial charge is 0.374 e. The number of rotatable bonds is 11. The minimum atomic E-state index is -2.56. The van der Waals surface area contributed by atoms with Gasteiger partial charge in [-0.15, -0.1) is 0 Å². The second kappa shape index (κ2) is 10.3. The second-order valence-electron chi connectivity index (χ2n) is 3.50. The monoisotopic (exact) mass is 279 g/mol. The van der Waals surface area contributed by atoms with Crippen LogP contribution in [0.2, 0.25) is 6.04 Å². The zero-order valence-electron chi connectivity index (χ0n) is 11.5. The summed E-state index contributed by atoms with van der Waals surface area (Å²) in [5.41, 5.74) is 9.95. The summed E-state index contributed by atoms with van der Waals surface area (Å²) in [4.78, 5) is 10.5. The number of amides is 2. The van der Waals surface area contributed by atoms with Crippen LogP contribution in [0.15, 0.2) is 0 Å². The highest BCUT2D eigenvalue weighted by atomic mass is 28.4. The van der Waals surface area contributed by atoms with Crippen LogP contribution < -0.4 is 16.6 Å². The van der Waals surface area contributed by atoms with E-state index < -0.39 is 14.8 Å². The van der Waals surface area contributed by atoms with Crippen LogP contribution in [0.25, 0.3) is 0 Å². The summed E-state index contributed by atoms with van der Waals surface area (Å²) in [6, 6.07) is 0.105. The summed E-state index contributed by atoms with van der Waals surface area (Å²) < 4.78 is 17.1. The maximum absolute atomic E-state index is 10.5. The predicted molar refractivity (Wildman–Crippen MR) is 70.8 cm³/mol. The molecule has 0 radical (unpaired) electrons. The molecule has 0 aromatic heterocycles. The van der Waals surface area contributed by atoms with E-state index in [4.69, 9.17) is 19.0 Å². The Balaban J connectivity index is 4.08. The third-order valence-electron chi connectivity index (χ3n) is 2.09. The molecule has 0 fully saturated rings. The Morgan fingerprint density at radius 3 is 2.00 bits per heavy atom. The Labute approximate surface area is 110 Å². The van der Waals surface area contributed by atoms with Crippen molar-refractivity contribution in [3.8, 4) is 0 Å². The molecule has 0 bridgehead atoms. The third-order valence-corrected chi connectivity index (χ3v) is 5.24. The fourth-order valence-corrected chi connectivity index (χ4v) is 4.16. The molecule has 0 atom stereocenters. The first-order chi connectivity index (χ1) is 8.60. The number of urea groups is 1. The molecule has 0 rings (SSSR count). The lowest BCUT2D eigenvalue weighted by Crippen LogP contribution is -2.47. The van der Waals surface area contributed by atoms with Crippen molar-refractivity contribution in [2.24, 2.45) is 5.73 Å². The number of hydrazine groups is 1. The van der Waals surface area contributed by atoms with Crippen molar-refractivity contribution >= 4 is 14.8 Å². The van der Waals surface area contributed by atoms with Gasteiger partial charge in [-0.05, 0) is 27.2 Å². The van der Waals surface area contributed by atoms with E-state index in [1.54, 1.807) is 0 Å². The number of carbonyl (C=O) groups excluding carboxylic acids is 1. The SMILES string of the molecule is CCO[Si](CCCNNC(N)=O)(OCC)OCC. The molecule has 0 heterocycles. The Hall–Kier alpha value is -0.673. The molecule has 8 heteroatoms. The molecule has 0 spiro atoms. The molecule has 0 aromatic carbocycles. The van der Waals surface area contributed by atoms with Crippen molar-refractivity contribution < 1.29 is 18.1 Å². The molecular weight excluding hydrogens is 254 g/mol. The molecule has 0 saturated carbocycles. The topological polar surface area (TPSA) is 94.8 Å². The molecule has 7 nitrogen and oxygen atoms in total. The maximum atomic E-state index is 10.5. The van der Waals surface area contributed by atoms with E-state index in [-0.39, 0.29) is 0 Å². The fourth-order valence-electron chi connectivity index (χ4n) is 1.54. The van der Waals surface area contributed by atoms with E-state index in [0.717, 1.165) is 6.42 Å². The van der Waals surface area contributed by atoms with Gasteiger partial charge in [-0.2, -0.15) is 0 Å². The van der Waals surface area contributed by atoms with Crippen LogP contribution in [0.5, 0.6) is 0 Å². The molecule has 0 unspecified atom stereocenters. The first-order valence-electron chi connectivity index (χ1n) is 6.30. The highest BCUT2D eigenvalue weighted by Gasteiger charge is 2.39. The lowest BCUT2D eigenvalue weighted by Gasteiger charge is -2.28. The number of hydrogen-bond acceptors (Lipinski definition) is 5. The van der Waals surface area contributed by atoms with Crippen LogP contribution >= 0.6 is 0 Å². The van der Waals surface area contributed by atoms with Crippen LogP contribution in [0, 0.1) is 0 Å². The molecule has 4 N–H and O–H groups in total. The van der Waals surface area contributed by atoms with Gasteiger partial charge in [0.15, 0.2) is 0 Å². The van der Waals surface area contributed by atoms with Crippen molar-refractivity contribution in [2.45, 2.75) is 33.2 Å². The zero-order chi connectivity index (χ0) is 13.9. The lowest BCUT2D eigenvalue weighted by molar-refractivity contribution is 0.0708. The van der Waals surface area contributed by atoms with E-state index in [2.05, 4.69) is 10.9 Å². The number of hydrogen-bond donors (Lipinski definition) is 3. The van der Waals surface area contributed by atoms with E-state index in [1.165, 1.54) is 0 Å². The van der Waals surface area contributed by atoms with Crippen molar-refractivity contribution in [2.75, 3.05) is 26.4 Å². The van der Waals surface area contributed by atoms with Gasteiger partial charge >= 0.3 is 14.8 Å². The first-order valence-corrected chi connectivity index (χ1v) is 8.23. The Bertz CT molecular complexity index is 214. The summed E-state index contributed by atoms with van der Waals surface area (Å²) in [7, 11) is -2.56. The highest BCUT2D eigenvalue weighted by molar-refractivity contribution is 6.60. The minimum Gasteiger partial charge on any atom is -0.374 e. The quantitative estimate of drug-likeness (QED) is 0.292. The molecule has 2 amide bonds. The Morgan fingerprint density at radius 1 is 1.11 bits per heavy atom. The second-order valence-corrected chi connectivity index (χ2v) is 6.23. The largest absolute Gasteiger partial charge is 0.500 e. The lowest BCUT2D eigenvalue weighted by atomic mass is 10.5. The molecule has 108 valence electrons. The van der Waals surface area contributed by atoms with Gasteiger partial charge < -0.3 is 19.0 Å². The van der Waals surface area contributed by atoms with E-state index in [9.17, 15) is 4.79 Å². The average Bonchev–Trinajstić information content (AvgIpc) is 2.29. The van der Waals surface area contributed by atoms with E-state index >= 15 is 0 Å². The summed E-state index contributed by atoms with van der Waals surface area (Å²) in [5, 5.41) is 0. The van der Waals surface area contributed by atoms with Crippen LogP contribution in [-0.4, -0.2) is 41.2 Å². The van der Waals surface area contributed by atoms with Gasteiger partial charge in [-0.25, -0.2) is 10.2 Å². The van der Waals surface area contributed by atoms with Crippen LogP contribution in [0.3, 0.4) is 0 Å². The molecule has 0 aliphatic rings. The minimum absolute atomic E-state index is 0.569. The number of primary amides is 1. The number of carbonyl (C=O) groups is 1. The van der Waals surface area contributed by atoms with Gasteiger partial charge in [0, 0.05) is 32.4 Å². The van der Waals surface area contributed by atoms with Gasteiger partial charge in [-0.3, -0.25) is 5.43 Å². The van der Waals surface area contributed by atoms with Gasteiger partial charge in [0.2, 0.25) is 0 Å².